The van der Waals surface area contributed by atoms with Crippen molar-refractivity contribution in [3.8, 4) is 73.2 Å². The minimum atomic E-state index is -0.207. The van der Waals surface area contributed by atoms with Crippen molar-refractivity contribution < 1.29 is 30.4 Å². The third-order valence-corrected chi connectivity index (χ3v) is 19.2. The van der Waals surface area contributed by atoms with Crippen LogP contribution in [0.2, 0.25) is 0 Å². The Morgan fingerprint density at radius 2 is 0.989 bits per heavy atom. The van der Waals surface area contributed by atoms with Crippen molar-refractivity contribution in [2.45, 2.75) is 182 Å². The van der Waals surface area contributed by atoms with Crippen LogP contribution in [0.5, 0.6) is 11.5 Å². The number of fused-ring (bicyclic) bond motifs is 11. The van der Waals surface area contributed by atoms with Crippen molar-refractivity contribution in [1.29, 1.82) is 0 Å². The van der Waals surface area contributed by atoms with Crippen LogP contribution in [0.4, 0.5) is 0 Å². The third-order valence-electron chi connectivity index (χ3n) is 19.2. The van der Waals surface area contributed by atoms with Gasteiger partial charge < -0.3 is 13.9 Å². The van der Waals surface area contributed by atoms with Crippen molar-refractivity contribution in [1.82, 2.24) is 14.1 Å². The number of rotatable bonds is 5. The molecule has 0 N–H and O–H groups in total. The van der Waals surface area contributed by atoms with E-state index in [4.69, 9.17) is 9.72 Å². The molecule has 0 unspecified atom stereocenters. The Balaban J connectivity index is 0.00000754. The molecule has 88 heavy (non-hydrogen) atoms. The topological polar surface area (TPSA) is 35.9 Å². The van der Waals surface area contributed by atoms with Crippen LogP contribution in [0.15, 0.2) is 152 Å². The molecule has 0 saturated heterocycles. The molecule has 0 saturated carbocycles. The zero-order chi connectivity index (χ0) is 61.9. The maximum absolute atomic E-state index is 6.97. The summed E-state index contributed by atoms with van der Waals surface area (Å²) in [5, 5.41) is 2.22. The van der Waals surface area contributed by atoms with Gasteiger partial charge in [0.15, 0.2) is 0 Å². The predicted octanol–water partition coefficient (Wildman–Crippen LogP) is 21.4. The van der Waals surface area contributed by atoms with E-state index in [-0.39, 0.29) is 59.0 Å². The molecule has 0 atom stereocenters. The van der Waals surface area contributed by atoms with Gasteiger partial charge in [-0.3, -0.25) is 4.57 Å². The van der Waals surface area contributed by atoms with Crippen LogP contribution in [0.1, 0.15) is 183 Å². The van der Waals surface area contributed by atoms with E-state index in [1.165, 1.54) is 77.9 Å². The van der Waals surface area contributed by atoms with Gasteiger partial charge in [-0.15, -0.1) is 29.7 Å². The predicted molar refractivity (Wildman–Crippen MR) is 364 cm³/mol. The minimum Gasteiger partial charge on any atom is -0.510 e. The summed E-state index contributed by atoms with van der Waals surface area (Å²) in [6, 6.07) is 62.6. The molecule has 13 rings (SSSR count). The standard InChI is InChI=1S/C82H86N4O.Pt/c1-76(2,3)51-33-36-83-73(44-51)86-70-30-23-22-29-61(70)62-32-31-58(46-71(62)86)87-57-26-24-25-56(45-57)84-49-85-74-63(50-37-52(77(4,5)6)39-53(38-50)78(7,8)9)40-54(79(10,11)12)41-67(74)65-48-69-68(81(16,17)34-35-82(69,18)19)47-64(65)59-27-20-21-28-60(59)66-42-55(80(13,14)15)43-72(84)75(66)85;/h20-33,36-44,47-48H,34-35H2,1-19H3;/q-2;. The van der Waals surface area contributed by atoms with E-state index in [1.807, 2.05) is 18.3 Å². The molecule has 0 amide bonds. The summed E-state index contributed by atoms with van der Waals surface area (Å²) in [4.78, 5) is 4.95. The smallest absolute Gasteiger partial charge is 0.268 e. The number of para-hydroxylation sites is 1. The summed E-state index contributed by atoms with van der Waals surface area (Å²) in [6.07, 6.45) is 8.35. The van der Waals surface area contributed by atoms with Gasteiger partial charge in [0.1, 0.15) is 5.82 Å². The Hall–Kier alpha value is -7.33. The van der Waals surface area contributed by atoms with Crippen LogP contribution in [0, 0.1) is 18.5 Å². The number of pyridine rings is 1. The number of ether oxygens (including phenoxy) is 1. The summed E-state index contributed by atoms with van der Waals surface area (Å²) < 4.78 is 13.9. The normalized spacial score (nSPS) is 14.8. The summed E-state index contributed by atoms with van der Waals surface area (Å²) in [5.41, 5.74) is 24.2. The van der Waals surface area contributed by atoms with Crippen molar-refractivity contribution >= 4 is 32.8 Å². The Kier molecular flexibility index (Phi) is 14.5. The molecule has 3 aromatic heterocycles. The fourth-order valence-electron chi connectivity index (χ4n) is 13.5. The van der Waals surface area contributed by atoms with Crippen LogP contribution < -0.4 is 9.30 Å². The van der Waals surface area contributed by atoms with E-state index < -0.39 is 0 Å². The van der Waals surface area contributed by atoms with Crippen molar-refractivity contribution in [2.24, 2.45) is 0 Å². The molecule has 4 heterocycles. The SMILES string of the molecule is CC(C)(C)c1cc(-c2cc(C(C)(C)C)cc3c2-[n+]2[c-]n(-c4[c-]c(Oc5[c-]c6c(cc5)c5ccccc5n6-c5cc(C(C)(C)C)ccn5)ccc4)c4cc(C(C)(C)C)cc(c42)-c2ccccc2-c2cc4c(cc2-3)C(C)(C)CCC4(C)C)cc(C(C)(C)C)c1.[Pt]. The zero-order valence-electron chi connectivity index (χ0n) is 55.4. The summed E-state index contributed by atoms with van der Waals surface area (Å²) in [7, 11) is 0. The monoisotopic (exact) mass is 1340 g/mol. The average Bonchev–Trinajstić information content (AvgIpc) is 1.47. The summed E-state index contributed by atoms with van der Waals surface area (Å²) >= 11 is 0. The quantitative estimate of drug-likeness (QED) is 0.127. The van der Waals surface area contributed by atoms with Crippen molar-refractivity contribution in [3.05, 3.63) is 209 Å². The molecule has 6 heteroatoms. The fourth-order valence-corrected chi connectivity index (χ4v) is 13.5. The number of nitrogens with zero attached hydrogens (tertiary/aromatic N) is 4. The number of imidazole rings is 1. The zero-order valence-corrected chi connectivity index (χ0v) is 57.6. The first kappa shape index (κ1) is 60.9. The van der Waals surface area contributed by atoms with Crippen LogP contribution >= 0.6 is 0 Å². The Labute approximate surface area is 538 Å². The van der Waals surface area contributed by atoms with Gasteiger partial charge in [-0.2, -0.15) is 18.2 Å². The molecular weight excluding hydrogens is 1250 g/mol. The summed E-state index contributed by atoms with van der Waals surface area (Å²) in [6.45, 7) is 44.8. The van der Waals surface area contributed by atoms with Crippen LogP contribution in [0.3, 0.4) is 0 Å². The van der Waals surface area contributed by atoms with Gasteiger partial charge in [0, 0.05) is 44.3 Å². The molecule has 8 aromatic carbocycles. The van der Waals surface area contributed by atoms with Crippen LogP contribution in [0.25, 0.3) is 94.5 Å². The molecule has 0 radical (unpaired) electrons. The fraction of sp³-hybridized carbons (Fsp3) is 0.341. The maximum atomic E-state index is 6.97. The van der Waals surface area contributed by atoms with Gasteiger partial charge >= 0.3 is 0 Å². The number of hydrogen-bond acceptors (Lipinski definition) is 2. The number of benzene rings is 8. The van der Waals surface area contributed by atoms with Gasteiger partial charge in [-0.1, -0.05) is 222 Å². The van der Waals surface area contributed by atoms with Crippen LogP contribution in [-0.2, 0) is 59.0 Å². The summed E-state index contributed by atoms with van der Waals surface area (Å²) in [5.74, 6) is 2.02. The van der Waals surface area contributed by atoms with Crippen LogP contribution in [-0.4, -0.2) is 14.1 Å². The van der Waals surface area contributed by atoms with Gasteiger partial charge in [-0.25, -0.2) is 4.98 Å². The number of aromatic nitrogens is 4. The van der Waals surface area contributed by atoms with E-state index in [0.717, 1.165) is 68.4 Å². The second kappa shape index (κ2) is 20.9. The molecule has 1 aliphatic heterocycles. The van der Waals surface area contributed by atoms with Gasteiger partial charge in [0.05, 0.1) is 16.7 Å². The Morgan fingerprint density at radius 3 is 1.61 bits per heavy atom. The first-order valence-electron chi connectivity index (χ1n) is 31.6. The van der Waals surface area contributed by atoms with Gasteiger partial charge in [0.2, 0.25) is 0 Å². The molecule has 452 valence electrons. The molecule has 0 bridgehead atoms. The maximum Gasteiger partial charge on any atom is 0.268 e. The van der Waals surface area contributed by atoms with E-state index in [0.29, 0.717) is 11.5 Å². The van der Waals surface area contributed by atoms with Gasteiger partial charge in [0.25, 0.3) is 6.33 Å². The Bertz CT molecular complexity index is 4590. The van der Waals surface area contributed by atoms with E-state index in [9.17, 15) is 0 Å². The molecule has 0 fully saturated rings. The second-order valence-electron chi connectivity index (χ2n) is 31.7. The first-order chi connectivity index (χ1) is 40.7. The third kappa shape index (κ3) is 10.5. The Morgan fingerprint density at radius 1 is 0.455 bits per heavy atom. The minimum absolute atomic E-state index is 0. The van der Waals surface area contributed by atoms with Crippen molar-refractivity contribution in [2.75, 3.05) is 0 Å². The van der Waals surface area contributed by atoms with Crippen molar-refractivity contribution in [3.63, 3.8) is 0 Å². The second-order valence-corrected chi connectivity index (χ2v) is 31.7. The van der Waals surface area contributed by atoms with E-state index in [1.54, 1.807) is 0 Å². The molecule has 11 aromatic rings. The molecular formula is C82H86N4OPt-2. The molecule has 2 aliphatic rings. The largest absolute Gasteiger partial charge is 0.510 e. The van der Waals surface area contributed by atoms with E-state index in [2.05, 4.69) is 297 Å². The average molecular weight is 1340 g/mol. The molecule has 1 aliphatic carbocycles. The number of hydrogen-bond donors (Lipinski definition) is 0. The molecule has 0 spiro atoms. The first-order valence-corrected chi connectivity index (χ1v) is 31.6. The molecule has 5 nitrogen and oxygen atoms in total. The van der Waals surface area contributed by atoms with Gasteiger partial charge in [-0.05, 0) is 176 Å². The van der Waals surface area contributed by atoms with E-state index >= 15 is 0 Å².